The molecule has 0 N–H and O–H groups in total. The molecule has 0 saturated carbocycles. The number of carbonyl (C=O) groups excluding carboxylic acids is 1. The van der Waals surface area contributed by atoms with E-state index in [2.05, 4.69) is 0 Å². The molecule has 0 saturated heterocycles. The Kier molecular flexibility index (Phi) is 7.38. The van der Waals surface area contributed by atoms with E-state index in [0.717, 1.165) is 17.2 Å². The molecule has 36 heavy (non-hydrogen) atoms. The van der Waals surface area contributed by atoms with Crippen molar-refractivity contribution in [1.29, 1.82) is 0 Å². The van der Waals surface area contributed by atoms with Crippen LogP contribution >= 0.6 is 0 Å². The van der Waals surface area contributed by atoms with Crippen molar-refractivity contribution >= 4 is 5.91 Å². The molecule has 1 aromatic heterocycles. The summed E-state index contributed by atoms with van der Waals surface area (Å²) >= 11 is 0. The molecule has 0 aliphatic heterocycles. The normalized spacial score (nSPS) is 10.8. The van der Waals surface area contributed by atoms with Gasteiger partial charge in [0.15, 0.2) is 11.5 Å². The van der Waals surface area contributed by atoms with Crippen LogP contribution in [0, 0.1) is 18.6 Å². The van der Waals surface area contributed by atoms with Crippen LogP contribution in [0.15, 0.2) is 72.8 Å². The van der Waals surface area contributed by atoms with Crippen LogP contribution in [-0.4, -0.2) is 43.2 Å². The summed E-state index contributed by atoms with van der Waals surface area (Å²) in [4.78, 5) is 15.1. The van der Waals surface area contributed by atoms with Crippen LogP contribution in [0.1, 0.15) is 21.6 Å². The summed E-state index contributed by atoms with van der Waals surface area (Å²) in [6, 6.07) is 20.3. The number of nitrogens with zero attached hydrogens (tertiary/aromatic N) is 2. The number of methoxy groups -OCH3 is 2. The van der Waals surface area contributed by atoms with Crippen molar-refractivity contribution < 1.29 is 23.0 Å². The highest BCUT2D eigenvalue weighted by molar-refractivity contribution is 5.97. The van der Waals surface area contributed by atoms with Gasteiger partial charge < -0.3 is 18.9 Å². The van der Waals surface area contributed by atoms with E-state index >= 15 is 0 Å². The van der Waals surface area contributed by atoms with Crippen LogP contribution in [0.4, 0.5) is 8.78 Å². The molecule has 0 spiro atoms. The lowest BCUT2D eigenvalue weighted by molar-refractivity contribution is 0.0796. The summed E-state index contributed by atoms with van der Waals surface area (Å²) < 4.78 is 40.8. The topological polar surface area (TPSA) is 43.7 Å². The van der Waals surface area contributed by atoms with Crippen molar-refractivity contribution in [3.05, 3.63) is 101 Å². The van der Waals surface area contributed by atoms with Gasteiger partial charge in [0.2, 0.25) is 0 Å². The Hall–Kier alpha value is -4.13. The molecule has 1 heterocycles. The highest BCUT2D eigenvalue weighted by Crippen LogP contribution is 2.32. The van der Waals surface area contributed by atoms with Gasteiger partial charge in [-0.15, -0.1) is 0 Å². The smallest absolute Gasteiger partial charge is 0.255 e. The molecular weight excluding hydrogens is 462 g/mol. The Bertz CT molecular complexity index is 1380. The number of carbonyl (C=O) groups is 1. The number of hydrogen-bond donors (Lipinski definition) is 0. The van der Waals surface area contributed by atoms with Gasteiger partial charge >= 0.3 is 0 Å². The largest absolute Gasteiger partial charge is 0.493 e. The molecule has 5 nitrogen and oxygen atoms in total. The maximum Gasteiger partial charge on any atom is 0.255 e. The summed E-state index contributed by atoms with van der Waals surface area (Å²) in [6.07, 6.45) is 0.612. The highest BCUT2D eigenvalue weighted by atomic mass is 19.1. The van der Waals surface area contributed by atoms with Gasteiger partial charge in [-0.3, -0.25) is 4.79 Å². The minimum atomic E-state index is -0.702. The van der Waals surface area contributed by atoms with Crippen molar-refractivity contribution in [3.63, 3.8) is 0 Å². The monoisotopic (exact) mass is 490 g/mol. The number of amides is 1. The fourth-order valence-corrected chi connectivity index (χ4v) is 4.26. The van der Waals surface area contributed by atoms with E-state index in [1.54, 1.807) is 43.7 Å². The lowest BCUT2D eigenvalue weighted by atomic mass is 10.1. The first-order valence-corrected chi connectivity index (χ1v) is 11.5. The summed E-state index contributed by atoms with van der Waals surface area (Å²) in [6.45, 7) is 2.23. The van der Waals surface area contributed by atoms with Crippen LogP contribution < -0.4 is 9.47 Å². The van der Waals surface area contributed by atoms with Gasteiger partial charge in [0.1, 0.15) is 11.6 Å². The Morgan fingerprint density at radius 1 is 0.917 bits per heavy atom. The van der Waals surface area contributed by atoms with Crippen LogP contribution in [0.25, 0.3) is 16.9 Å². The first-order chi connectivity index (χ1) is 17.3. The first kappa shape index (κ1) is 25.0. The van der Waals surface area contributed by atoms with Crippen molar-refractivity contribution in [2.24, 2.45) is 0 Å². The quantitative estimate of drug-likeness (QED) is 0.301. The standard InChI is InChI=1S/C29H28F2N2O3/c1-19-23(29(34)32(2)15-14-20-10-13-27(35-3)28(16-20)36-4)18-26(21-8-6-5-7-9-21)33(19)25-12-11-22(30)17-24(25)31/h5-13,16-18H,14-15H2,1-4H3. The molecule has 1 amide bonds. The third-order valence-electron chi connectivity index (χ3n) is 6.23. The van der Waals surface area contributed by atoms with Crippen LogP contribution in [0.2, 0.25) is 0 Å². The van der Waals surface area contributed by atoms with E-state index in [9.17, 15) is 13.6 Å². The zero-order valence-electron chi connectivity index (χ0n) is 20.7. The van der Waals surface area contributed by atoms with Gasteiger partial charge in [0, 0.05) is 25.4 Å². The van der Waals surface area contributed by atoms with E-state index in [1.165, 1.54) is 12.1 Å². The van der Waals surface area contributed by atoms with E-state index in [4.69, 9.17) is 9.47 Å². The third kappa shape index (κ3) is 4.96. The number of hydrogen-bond acceptors (Lipinski definition) is 3. The average molecular weight is 491 g/mol. The molecule has 7 heteroatoms. The van der Waals surface area contributed by atoms with Gasteiger partial charge in [-0.2, -0.15) is 0 Å². The molecule has 0 radical (unpaired) electrons. The summed E-state index contributed by atoms with van der Waals surface area (Å²) in [7, 11) is 4.90. The maximum absolute atomic E-state index is 14.8. The molecule has 4 aromatic rings. The Morgan fingerprint density at radius 2 is 1.64 bits per heavy atom. The Balaban J connectivity index is 1.66. The Labute approximate surface area is 209 Å². The average Bonchev–Trinajstić information content (AvgIpc) is 3.23. The first-order valence-electron chi connectivity index (χ1n) is 11.5. The van der Waals surface area contributed by atoms with Crippen molar-refractivity contribution in [3.8, 4) is 28.4 Å². The van der Waals surface area contributed by atoms with Crippen LogP contribution in [0.5, 0.6) is 11.5 Å². The predicted molar refractivity (Wildman–Crippen MR) is 136 cm³/mol. The van der Waals surface area contributed by atoms with Crippen LogP contribution in [0.3, 0.4) is 0 Å². The van der Waals surface area contributed by atoms with Gasteiger partial charge in [-0.1, -0.05) is 36.4 Å². The van der Waals surface area contributed by atoms with E-state index in [-0.39, 0.29) is 11.6 Å². The molecule has 0 aliphatic rings. The number of ether oxygens (including phenoxy) is 2. The van der Waals surface area contributed by atoms with Gasteiger partial charge in [-0.25, -0.2) is 8.78 Å². The lowest BCUT2D eigenvalue weighted by Gasteiger charge is -2.18. The fraction of sp³-hybridized carbons (Fsp3) is 0.207. The highest BCUT2D eigenvalue weighted by Gasteiger charge is 2.23. The molecule has 0 bridgehead atoms. The minimum absolute atomic E-state index is 0.180. The number of aromatic nitrogens is 1. The number of benzene rings is 3. The molecule has 186 valence electrons. The van der Waals surface area contributed by atoms with Crippen molar-refractivity contribution in [2.45, 2.75) is 13.3 Å². The second-order valence-corrected chi connectivity index (χ2v) is 8.49. The number of likely N-dealkylation sites (N-methyl/N-ethyl adjacent to an activating group) is 1. The minimum Gasteiger partial charge on any atom is -0.493 e. The number of rotatable bonds is 8. The summed E-state index contributed by atoms with van der Waals surface area (Å²) in [5.41, 5.74) is 3.67. The second kappa shape index (κ2) is 10.6. The molecule has 0 fully saturated rings. The SMILES string of the molecule is COc1ccc(CCN(C)C(=O)c2cc(-c3ccccc3)n(-c3ccc(F)cc3F)c2C)cc1OC. The van der Waals surface area contributed by atoms with Gasteiger partial charge in [0.25, 0.3) is 5.91 Å². The predicted octanol–water partition coefficient (Wildman–Crippen LogP) is 6.06. The molecular formula is C29H28F2N2O3. The van der Waals surface area contributed by atoms with E-state index in [1.807, 2.05) is 48.5 Å². The lowest BCUT2D eigenvalue weighted by Crippen LogP contribution is -2.29. The molecule has 0 aliphatic carbocycles. The van der Waals surface area contributed by atoms with Crippen molar-refractivity contribution in [1.82, 2.24) is 9.47 Å². The molecule has 3 aromatic carbocycles. The summed E-state index contributed by atoms with van der Waals surface area (Å²) in [5.74, 6) is -0.276. The second-order valence-electron chi connectivity index (χ2n) is 8.49. The van der Waals surface area contributed by atoms with Crippen LogP contribution in [-0.2, 0) is 6.42 Å². The Morgan fingerprint density at radius 3 is 2.31 bits per heavy atom. The zero-order chi connectivity index (χ0) is 25.8. The van der Waals surface area contributed by atoms with Gasteiger partial charge in [0.05, 0.1) is 31.2 Å². The van der Waals surface area contributed by atoms with Gasteiger partial charge in [-0.05, 0) is 54.8 Å². The third-order valence-corrected chi connectivity index (χ3v) is 6.23. The van der Waals surface area contributed by atoms with E-state index < -0.39 is 11.6 Å². The molecule has 0 unspecified atom stereocenters. The zero-order valence-corrected chi connectivity index (χ0v) is 20.7. The van der Waals surface area contributed by atoms with Crippen molar-refractivity contribution in [2.75, 3.05) is 27.8 Å². The maximum atomic E-state index is 14.8. The van der Waals surface area contributed by atoms with E-state index in [0.29, 0.717) is 41.4 Å². The number of halogens is 2. The fourth-order valence-electron chi connectivity index (χ4n) is 4.26. The summed E-state index contributed by atoms with van der Waals surface area (Å²) in [5, 5.41) is 0. The molecule has 4 rings (SSSR count). The molecule has 0 atom stereocenters.